The Morgan fingerprint density at radius 2 is 1.89 bits per heavy atom. The maximum atomic E-state index is 3.65. The molecular weight excluding hydrogens is 234 g/mol. The van der Waals surface area contributed by atoms with Crippen LogP contribution < -0.4 is 5.32 Å². The van der Waals surface area contributed by atoms with Crippen LogP contribution in [0.4, 0.5) is 0 Å². The van der Waals surface area contributed by atoms with Crippen LogP contribution in [-0.2, 0) is 0 Å². The summed E-state index contributed by atoms with van der Waals surface area (Å²) in [6.07, 6.45) is 5.49. The number of likely N-dealkylation sites (N-methyl/N-ethyl adjacent to an activating group) is 1. The molecule has 0 aromatic rings. The average Bonchev–Trinajstić information content (AvgIpc) is 2.34. The third-order valence-corrected chi connectivity index (χ3v) is 4.09. The van der Waals surface area contributed by atoms with E-state index in [1.807, 2.05) is 0 Å². The first-order valence-electron chi connectivity index (χ1n) is 8.15. The van der Waals surface area contributed by atoms with Crippen molar-refractivity contribution in [2.75, 3.05) is 40.3 Å². The van der Waals surface area contributed by atoms with Gasteiger partial charge in [0.1, 0.15) is 0 Å². The number of nitrogens with one attached hydrogen (secondary N) is 1. The van der Waals surface area contributed by atoms with E-state index in [4.69, 9.17) is 0 Å². The normalized spacial score (nSPS) is 24.6. The van der Waals surface area contributed by atoms with Crippen molar-refractivity contribution in [3.05, 3.63) is 0 Å². The maximum Gasteiger partial charge on any atom is 0.0112 e. The summed E-state index contributed by atoms with van der Waals surface area (Å²) in [5.74, 6) is 0.765. The molecule has 2 unspecified atom stereocenters. The molecule has 0 radical (unpaired) electrons. The van der Waals surface area contributed by atoms with Crippen molar-refractivity contribution in [1.29, 1.82) is 0 Å². The van der Waals surface area contributed by atoms with Crippen molar-refractivity contribution in [2.24, 2.45) is 5.92 Å². The Balaban J connectivity index is 2.51. The molecule has 1 rings (SSSR count). The van der Waals surface area contributed by atoms with E-state index in [0.717, 1.165) is 24.5 Å². The molecule has 0 bridgehead atoms. The first kappa shape index (κ1) is 16.9. The van der Waals surface area contributed by atoms with Crippen LogP contribution >= 0.6 is 0 Å². The Kier molecular flexibility index (Phi) is 7.96. The van der Waals surface area contributed by atoms with Gasteiger partial charge in [-0.05, 0) is 45.8 Å². The topological polar surface area (TPSA) is 18.5 Å². The van der Waals surface area contributed by atoms with E-state index < -0.39 is 0 Å². The van der Waals surface area contributed by atoms with Crippen LogP contribution in [0.25, 0.3) is 0 Å². The molecule has 3 nitrogen and oxygen atoms in total. The van der Waals surface area contributed by atoms with Crippen molar-refractivity contribution < 1.29 is 0 Å². The molecule has 19 heavy (non-hydrogen) atoms. The highest BCUT2D eigenvalue weighted by Crippen LogP contribution is 2.24. The fourth-order valence-corrected chi connectivity index (χ4v) is 3.19. The van der Waals surface area contributed by atoms with Gasteiger partial charge in [0.2, 0.25) is 0 Å². The Hall–Kier alpha value is -0.120. The zero-order valence-electron chi connectivity index (χ0n) is 13.8. The van der Waals surface area contributed by atoms with Crippen LogP contribution in [-0.4, -0.2) is 62.2 Å². The van der Waals surface area contributed by atoms with Crippen molar-refractivity contribution >= 4 is 0 Å². The molecule has 1 saturated carbocycles. The summed E-state index contributed by atoms with van der Waals surface area (Å²) in [4.78, 5) is 5.05. The second-order valence-corrected chi connectivity index (χ2v) is 6.77. The quantitative estimate of drug-likeness (QED) is 0.730. The molecular formula is C16H35N3. The summed E-state index contributed by atoms with van der Waals surface area (Å²) in [7, 11) is 4.35. The fraction of sp³-hybridized carbons (Fsp3) is 1.00. The van der Waals surface area contributed by atoms with Crippen LogP contribution in [0.1, 0.15) is 46.5 Å². The lowest BCUT2D eigenvalue weighted by atomic mass is 9.89. The van der Waals surface area contributed by atoms with Gasteiger partial charge in [0.15, 0.2) is 0 Å². The van der Waals surface area contributed by atoms with Gasteiger partial charge < -0.3 is 10.2 Å². The van der Waals surface area contributed by atoms with Gasteiger partial charge in [0, 0.05) is 31.7 Å². The van der Waals surface area contributed by atoms with Crippen LogP contribution in [0.2, 0.25) is 0 Å². The van der Waals surface area contributed by atoms with Crippen molar-refractivity contribution in [2.45, 2.75) is 58.5 Å². The van der Waals surface area contributed by atoms with Crippen LogP contribution in [0.5, 0.6) is 0 Å². The lowest BCUT2D eigenvalue weighted by Gasteiger charge is -2.39. The largest absolute Gasteiger partial charge is 0.314 e. The summed E-state index contributed by atoms with van der Waals surface area (Å²) in [5.41, 5.74) is 0. The average molecular weight is 269 g/mol. The molecule has 0 aliphatic heterocycles. The zero-order valence-corrected chi connectivity index (χ0v) is 13.8. The Labute approximate surface area is 120 Å². The molecule has 114 valence electrons. The van der Waals surface area contributed by atoms with Crippen molar-refractivity contribution in [1.82, 2.24) is 15.1 Å². The highest BCUT2D eigenvalue weighted by Gasteiger charge is 2.26. The second-order valence-electron chi connectivity index (χ2n) is 6.77. The second kappa shape index (κ2) is 8.93. The fourth-order valence-electron chi connectivity index (χ4n) is 3.19. The van der Waals surface area contributed by atoms with Gasteiger partial charge in [-0.15, -0.1) is 0 Å². The van der Waals surface area contributed by atoms with Gasteiger partial charge in [0.05, 0.1) is 0 Å². The molecule has 0 heterocycles. The summed E-state index contributed by atoms with van der Waals surface area (Å²) in [6.45, 7) is 11.7. The third-order valence-electron chi connectivity index (χ3n) is 4.09. The van der Waals surface area contributed by atoms with E-state index in [1.165, 1.54) is 45.3 Å². The Bertz CT molecular complexity index is 226. The minimum absolute atomic E-state index is 0.748. The predicted molar refractivity (Wildman–Crippen MR) is 84.7 cm³/mol. The van der Waals surface area contributed by atoms with Gasteiger partial charge in [-0.1, -0.05) is 27.2 Å². The number of hydrogen-bond acceptors (Lipinski definition) is 3. The van der Waals surface area contributed by atoms with Crippen LogP contribution in [0.15, 0.2) is 0 Å². The van der Waals surface area contributed by atoms with E-state index in [2.05, 4.69) is 50.0 Å². The Morgan fingerprint density at radius 1 is 1.16 bits per heavy atom. The van der Waals surface area contributed by atoms with E-state index in [9.17, 15) is 0 Å². The number of rotatable bonds is 8. The zero-order chi connectivity index (χ0) is 14.3. The van der Waals surface area contributed by atoms with Gasteiger partial charge in [0.25, 0.3) is 0 Å². The molecule has 0 aromatic heterocycles. The molecule has 1 N–H and O–H groups in total. The molecule has 0 spiro atoms. The third kappa shape index (κ3) is 6.73. The highest BCUT2D eigenvalue weighted by molar-refractivity contribution is 4.84. The van der Waals surface area contributed by atoms with Crippen LogP contribution in [0.3, 0.4) is 0 Å². The summed E-state index contributed by atoms with van der Waals surface area (Å²) in [5, 5.41) is 3.65. The minimum atomic E-state index is 0.748. The van der Waals surface area contributed by atoms with Gasteiger partial charge >= 0.3 is 0 Å². The maximum absolute atomic E-state index is 3.65. The van der Waals surface area contributed by atoms with E-state index in [0.29, 0.717) is 0 Å². The molecule has 0 saturated heterocycles. The molecule has 0 aromatic carbocycles. The molecule has 3 heteroatoms. The van der Waals surface area contributed by atoms with Crippen LogP contribution in [0, 0.1) is 5.92 Å². The number of hydrogen-bond donors (Lipinski definition) is 1. The lowest BCUT2D eigenvalue weighted by Crippen LogP contribution is -2.47. The smallest absolute Gasteiger partial charge is 0.0112 e. The molecule has 1 aliphatic carbocycles. The lowest BCUT2D eigenvalue weighted by molar-refractivity contribution is 0.116. The predicted octanol–water partition coefficient (Wildman–Crippen LogP) is 2.43. The molecule has 1 fully saturated rings. The number of nitrogens with zero attached hydrogens (tertiary/aromatic N) is 2. The molecule has 1 aliphatic rings. The summed E-state index contributed by atoms with van der Waals surface area (Å²) >= 11 is 0. The Morgan fingerprint density at radius 3 is 2.47 bits per heavy atom. The van der Waals surface area contributed by atoms with E-state index in [-0.39, 0.29) is 0 Å². The van der Waals surface area contributed by atoms with Crippen molar-refractivity contribution in [3.8, 4) is 0 Å². The minimum Gasteiger partial charge on any atom is -0.314 e. The summed E-state index contributed by atoms with van der Waals surface area (Å²) in [6, 6.07) is 1.54. The first-order chi connectivity index (χ1) is 9.02. The van der Waals surface area contributed by atoms with Gasteiger partial charge in [-0.25, -0.2) is 0 Å². The highest BCUT2D eigenvalue weighted by atomic mass is 15.2. The van der Waals surface area contributed by atoms with Crippen molar-refractivity contribution in [3.63, 3.8) is 0 Å². The standard InChI is InChI=1S/C16H35N3/c1-6-17-15-8-7-9-16(12-15)19(13-14(2)3)11-10-18(4)5/h14-17H,6-13H2,1-5H3. The van der Waals surface area contributed by atoms with E-state index >= 15 is 0 Å². The molecule has 0 amide bonds. The molecule has 2 atom stereocenters. The first-order valence-corrected chi connectivity index (χ1v) is 8.15. The van der Waals surface area contributed by atoms with E-state index in [1.54, 1.807) is 0 Å². The summed E-state index contributed by atoms with van der Waals surface area (Å²) < 4.78 is 0. The monoisotopic (exact) mass is 269 g/mol. The van der Waals surface area contributed by atoms with Gasteiger partial charge in [-0.3, -0.25) is 4.90 Å². The SMILES string of the molecule is CCNC1CCCC(N(CCN(C)C)CC(C)C)C1. The van der Waals surface area contributed by atoms with Gasteiger partial charge in [-0.2, -0.15) is 0 Å².